The number of nitrogens with zero attached hydrogens (tertiary/aromatic N) is 2. The highest BCUT2D eigenvalue weighted by atomic mass is 16.2. The van der Waals surface area contributed by atoms with Crippen molar-refractivity contribution in [1.82, 2.24) is 14.9 Å². The van der Waals surface area contributed by atoms with Gasteiger partial charge in [0.2, 0.25) is 0 Å². The Labute approximate surface area is 223 Å². The lowest BCUT2D eigenvalue weighted by Crippen LogP contribution is -2.30. The second-order valence-electron chi connectivity index (χ2n) is 10.1. The van der Waals surface area contributed by atoms with Crippen molar-refractivity contribution in [3.8, 4) is 11.3 Å². The minimum Gasteiger partial charge on any atom is -0.354 e. The Morgan fingerprint density at radius 2 is 1.71 bits per heavy atom. The van der Waals surface area contributed by atoms with E-state index in [2.05, 4.69) is 49.8 Å². The molecule has 3 heterocycles. The summed E-state index contributed by atoms with van der Waals surface area (Å²) in [4.78, 5) is 23.1. The standard InChI is InChI=1S/C32H33N5O/c38-32-30(27-8-2-3-9-28(27)36-32)31(35-26-16-14-24(15-17-26)29-21-33-22-34-29)25-12-10-23(11-13-25)7-6-20-37-18-4-1-5-19-37/h2-3,8-17,21-22,35H,1,4-7,18-20H2,(H,33,34)(H,36,38). The number of carbonyl (C=O) groups excluding carboxylic acids is 1. The Morgan fingerprint density at radius 1 is 0.921 bits per heavy atom. The fourth-order valence-corrected chi connectivity index (χ4v) is 5.46. The number of hydrogen-bond acceptors (Lipinski definition) is 4. The summed E-state index contributed by atoms with van der Waals surface area (Å²) in [5.41, 5.74) is 8.38. The van der Waals surface area contributed by atoms with E-state index >= 15 is 0 Å². The maximum absolute atomic E-state index is 13.2. The van der Waals surface area contributed by atoms with Crippen LogP contribution < -0.4 is 10.6 Å². The Kier molecular flexibility index (Phi) is 7.05. The van der Waals surface area contributed by atoms with Crippen LogP contribution in [-0.2, 0) is 11.2 Å². The van der Waals surface area contributed by atoms with Crippen molar-refractivity contribution in [3.63, 3.8) is 0 Å². The van der Waals surface area contributed by atoms with Crippen LogP contribution in [0.1, 0.15) is 42.4 Å². The van der Waals surface area contributed by atoms with Gasteiger partial charge >= 0.3 is 0 Å². The first kappa shape index (κ1) is 24.2. The van der Waals surface area contributed by atoms with Crippen LogP contribution in [0.5, 0.6) is 0 Å². The number of para-hydroxylation sites is 1. The molecule has 6 nitrogen and oxygen atoms in total. The van der Waals surface area contributed by atoms with Crippen LogP contribution in [-0.4, -0.2) is 40.4 Å². The predicted molar refractivity (Wildman–Crippen MR) is 155 cm³/mol. The van der Waals surface area contributed by atoms with Crippen LogP contribution in [0.15, 0.2) is 85.3 Å². The van der Waals surface area contributed by atoms with E-state index in [4.69, 9.17) is 0 Å². The zero-order valence-corrected chi connectivity index (χ0v) is 21.5. The molecule has 0 unspecified atom stereocenters. The molecule has 0 aliphatic carbocycles. The Hall–Kier alpha value is -4.16. The summed E-state index contributed by atoms with van der Waals surface area (Å²) in [5, 5.41) is 6.60. The third-order valence-electron chi connectivity index (χ3n) is 7.50. The number of aryl methyl sites for hydroxylation is 1. The predicted octanol–water partition coefficient (Wildman–Crippen LogP) is 6.43. The minimum absolute atomic E-state index is 0.0903. The SMILES string of the molecule is O=C1Nc2ccccc2C1=C(Nc1ccc(-c2c[nH]cn2)cc1)c1ccc(CCCN2CCCCC2)cc1. The summed E-state index contributed by atoms with van der Waals surface area (Å²) in [6, 6.07) is 24.7. The molecule has 1 aromatic heterocycles. The van der Waals surface area contributed by atoms with Crippen molar-refractivity contribution in [2.24, 2.45) is 0 Å². The molecule has 4 aromatic rings. The molecule has 2 aliphatic rings. The van der Waals surface area contributed by atoms with Crippen LogP contribution in [0.25, 0.3) is 22.5 Å². The molecule has 0 bridgehead atoms. The fraction of sp³-hybridized carbons (Fsp3) is 0.250. The van der Waals surface area contributed by atoms with Gasteiger partial charge < -0.3 is 20.5 Å². The van der Waals surface area contributed by atoms with Crippen LogP contribution >= 0.6 is 0 Å². The average molecular weight is 504 g/mol. The summed E-state index contributed by atoms with van der Waals surface area (Å²) in [6.07, 6.45) is 9.84. The number of aromatic amines is 1. The summed E-state index contributed by atoms with van der Waals surface area (Å²) >= 11 is 0. The normalized spacial score (nSPS) is 16.7. The molecule has 38 heavy (non-hydrogen) atoms. The number of hydrogen-bond donors (Lipinski definition) is 3. The lowest BCUT2D eigenvalue weighted by Gasteiger charge is -2.26. The van der Waals surface area contributed by atoms with Gasteiger partial charge in [0.1, 0.15) is 0 Å². The molecule has 3 N–H and O–H groups in total. The van der Waals surface area contributed by atoms with Crippen LogP contribution in [0.4, 0.5) is 11.4 Å². The van der Waals surface area contributed by atoms with Gasteiger partial charge in [-0.1, -0.05) is 61.0 Å². The van der Waals surface area contributed by atoms with Gasteiger partial charge in [0.25, 0.3) is 5.91 Å². The third-order valence-corrected chi connectivity index (χ3v) is 7.50. The zero-order valence-electron chi connectivity index (χ0n) is 21.5. The second kappa shape index (κ2) is 11.1. The van der Waals surface area contributed by atoms with Gasteiger partial charge in [-0.05, 0) is 74.6 Å². The van der Waals surface area contributed by atoms with E-state index in [0.29, 0.717) is 5.57 Å². The largest absolute Gasteiger partial charge is 0.354 e. The molecular weight excluding hydrogens is 470 g/mol. The number of carbonyl (C=O) groups is 1. The van der Waals surface area contributed by atoms with Crippen molar-refractivity contribution >= 4 is 28.6 Å². The van der Waals surface area contributed by atoms with E-state index in [1.165, 1.54) is 50.9 Å². The maximum atomic E-state index is 13.2. The van der Waals surface area contributed by atoms with Gasteiger partial charge in [-0.2, -0.15) is 0 Å². The smallest absolute Gasteiger partial charge is 0.258 e. The molecular formula is C32H33N5O. The first-order chi connectivity index (χ1) is 18.7. The summed E-state index contributed by atoms with van der Waals surface area (Å²) in [7, 11) is 0. The number of imidazole rings is 1. The number of amides is 1. The highest BCUT2D eigenvalue weighted by Gasteiger charge is 2.28. The van der Waals surface area contributed by atoms with E-state index < -0.39 is 0 Å². The molecule has 6 heteroatoms. The summed E-state index contributed by atoms with van der Waals surface area (Å²) in [6.45, 7) is 3.66. The monoisotopic (exact) mass is 503 g/mol. The number of benzene rings is 3. The molecule has 0 spiro atoms. The average Bonchev–Trinajstić information content (AvgIpc) is 3.61. The number of nitrogens with one attached hydrogen (secondary N) is 3. The van der Waals surface area contributed by atoms with E-state index in [0.717, 1.165) is 45.9 Å². The summed E-state index contributed by atoms with van der Waals surface area (Å²) in [5.74, 6) is -0.0903. The number of likely N-dealkylation sites (tertiary alicyclic amines) is 1. The van der Waals surface area contributed by atoms with Crippen molar-refractivity contribution in [1.29, 1.82) is 0 Å². The molecule has 0 atom stereocenters. The lowest BCUT2D eigenvalue weighted by atomic mass is 9.98. The Morgan fingerprint density at radius 3 is 2.47 bits per heavy atom. The van der Waals surface area contributed by atoms with Crippen molar-refractivity contribution in [3.05, 3.63) is 102 Å². The number of H-pyrrole nitrogens is 1. The molecule has 192 valence electrons. The molecule has 3 aromatic carbocycles. The molecule has 1 amide bonds. The number of fused-ring (bicyclic) bond motifs is 1. The molecule has 1 fully saturated rings. The van der Waals surface area contributed by atoms with Gasteiger partial charge in [0.15, 0.2) is 0 Å². The van der Waals surface area contributed by atoms with Gasteiger partial charge in [0.05, 0.1) is 23.3 Å². The van der Waals surface area contributed by atoms with Crippen molar-refractivity contribution in [2.75, 3.05) is 30.3 Å². The quantitative estimate of drug-likeness (QED) is 0.242. The Balaban J connectivity index is 1.26. The van der Waals surface area contributed by atoms with Crippen LogP contribution in [0.3, 0.4) is 0 Å². The van der Waals surface area contributed by atoms with Crippen LogP contribution in [0.2, 0.25) is 0 Å². The highest BCUT2D eigenvalue weighted by molar-refractivity contribution is 6.37. The van der Waals surface area contributed by atoms with Crippen LogP contribution in [0, 0.1) is 0 Å². The van der Waals surface area contributed by atoms with Gasteiger partial charge in [-0.3, -0.25) is 4.79 Å². The number of anilines is 2. The maximum Gasteiger partial charge on any atom is 0.258 e. The molecule has 1 saturated heterocycles. The van der Waals surface area contributed by atoms with Gasteiger partial charge in [-0.25, -0.2) is 4.98 Å². The first-order valence-electron chi connectivity index (χ1n) is 13.6. The minimum atomic E-state index is -0.0903. The molecule has 6 rings (SSSR count). The summed E-state index contributed by atoms with van der Waals surface area (Å²) < 4.78 is 0. The molecule has 2 aliphatic heterocycles. The first-order valence-corrected chi connectivity index (χ1v) is 13.6. The van der Waals surface area contributed by atoms with E-state index in [-0.39, 0.29) is 5.91 Å². The second-order valence-corrected chi connectivity index (χ2v) is 10.1. The highest BCUT2D eigenvalue weighted by Crippen LogP contribution is 2.37. The lowest BCUT2D eigenvalue weighted by molar-refractivity contribution is -0.110. The van der Waals surface area contributed by atoms with E-state index in [9.17, 15) is 4.79 Å². The van der Waals surface area contributed by atoms with Crippen molar-refractivity contribution in [2.45, 2.75) is 32.1 Å². The topological polar surface area (TPSA) is 73.0 Å². The third kappa shape index (κ3) is 5.27. The van der Waals surface area contributed by atoms with E-state index in [1.54, 1.807) is 6.33 Å². The number of aromatic nitrogens is 2. The van der Waals surface area contributed by atoms with E-state index in [1.807, 2.05) is 54.7 Å². The number of rotatable bonds is 8. The Bertz CT molecular complexity index is 1420. The van der Waals surface area contributed by atoms with Gasteiger partial charge in [0, 0.05) is 28.7 Å². The van der Waals surface area contributed by atoms with Crippen molar-refractivity contribution < 1.29 is 4.79 Å². The van der Waals surface area contributed by atoms with Gasteiger partial charge in [-0.15, -0.1) is 0 Å². The number of piperidine rings is 1. The molecule has 0 radical (unpaired) electrons. The molecule has 0 saturated carbocycles. The fourth-order valence-electron chi connectivity index (χ4n) is 5.46. The zero-order chi connectivity index (χ0) is 25.7.